The van der Waals surface area contributed by atoms with Crippen molar-refractivity contribution in [3.8, 4) is 0 Å². The van der Waals surface area contributed by atoms with Crippen molar-refractivity contribution >= 4 is 19.3 Å². The molecular weight excluding hydrogens is 372 g/mol. The predicted molar refractivity (Wildman–Crippen MR) is 98.7 cm³/mol. The number of hydrogen-bond acceptors (Lipinski definition) is 0. The van der Waals surface area contributed by atoms with Gasteiger partial charge in [0.1, 0.15) is 0 Å². The van der Waals surface area contributed by atoms with Crippen molar-refractivity contribution in [1.82, 2.24) is 0 Å². The number of rotatable bonds is 3. The Morgan fingerprint density at radius 2 is 1.52 bits per heavy atom. The average molecular weight is 394 g/mol. The fourth-order valence-corrected chi connectivity index (χ4v) is 10.1. The van der Waals surface area contributed by atoms with E-state index in [0.29, 0.717) is 0 Å². The summed E-state index contributed by atoms with van der Waals surface area (Å²) in [6.07, 6.45) is 7.47. The van der Waals surface area contributed by atoms with Crippen LogP contribution in [0.1, 0.15) is 29.5 Å². The summed E-state index contributed by atoms with van der Waals surface area (Å²) in [4.78, 5) is 0. The second-order valence-electron chi connectivity index (χ2n) is 7.53. The van der Waals surface area contributed by atoms with E-state index in [-0.39, 0.29) is 0 Å². The molecule has 0 saturated heterocycles. The van der Waals surface area contributed by atoms with Gasteiger partial charge in [0.05, 0.1) is 0 Å². The van der Waals surface area contributed by atoms with Crippen molar-refractivity contribution in [2.45, 2.75) is 26.9 Å². The van der Waals surface area contributed by atoms with Crippen LogP contribution in [0.25, 0.3) is 11.3 Å². The van der Waals surface area contributed by atoms with E-state index in [9.17, 15) is 0 Å². The minimum atomic E-state index is -1.27. The van der Waals surface area contributed by atoms with Crippen LogP contribution < -0.4 is 0 Å². The molecule has 2 aromatic carbocycles. The first-order valence-corrected chi connectivity index (χ1v) is 14.7. The van der Waals surface area contributed by atoms with E-state index in [2.05, 4.69) is 86.4 Å². The van der Waals surface area contributed by atoms with Gasteiger partial charge in [-0.05, 0) is 0 Å². The molecule has 0 N–H and O–H groups in total. The molecule has 0 heterocycles. The third-order valence-corrected chi connectivity index (χ3v) is 11.1. The van der Waals surface area contributed by atoms with E-state index in [1.54, 1.807) is 21.9 Å². The molecule has 0 saturated carbocycles. The summed E-state index contributed by atoms with van der Waals surface area (Å²) in [5.41, 5.74) is 6.20. The third-order valence-electron chi connectivity index (χ3n) is 4.89. The first kappa shape index (κ1) is 15.5. The second-order valence-corrected chi connectivity index (χ2v) is 16.4. The summed E-state index contributed by atoms with van der Waals surface area (Å²) in [7, 11) is -1.27. The van der Waals surface area contributed by atoms with Crippen molar-refractivity contribution in [3.63, 3.8) is 0 Å². The van der Waals surface area contributed by atoms with E-state index in [1.807, 2.05) is 0 Å². The van der Waals surface area contributed by atoms with Gasteiger partial charge in [0.2, 0.25) is 0 Å². The fourth-order valence-electron chi connectivity index (χ4n) is 3.74. The van der Waals surface area contributed by atoms with Crippen LogP contribution in [-0.4, -0.2) is 8.07 Å². The van der Waals surface area contributed by atoms with Crippen LogP contribution in [0.15, 0.2) is 60.7 Å². The van der Waals surface area contributed by atoms with E-state index in [0.717, 1.165) is 7.25 Å². The summed E-state index contributed by atoms with van der Waals surface area (Å²) in [6, 6.07) is 18.1. The van der Waals surface area contributed by atoms with Gasteiger partial charge in [-0.1, -0.05) is 0 Å². The molecule has 0 amide bonds. The summed E-state index contributed by atoms with van der Waals surface area (Å²) < 4.78 is 1.46. The van der Waals surface area contributed by atoms with Crippen molar-refractivity contribution < 1.29 is 23.2 Å². The summed E-state index contributed by atoms with van der Waals surface area (Å²) >= 11 is -0.615. The zero-order valence-corrected chi connectivity index (χ0v) is 17.5. The van der Waals surface area contributed by atoms with Crippen molar-refractivity contribution in [3.05, 3.63) is 82.9 Å². The molecule has 0 aromatic heterocycles. The van der Waals surface area contributed by atoms with Crippen LogP contribution in [0.3, 0.4) is 0 Å². The number of fused-ring (bicyclic) bond motifs is 2. The minimum absolute atomic E-state index is 0.615. The van der Waals surface area contributed by atoms with Gasteiger partial charge in [-0.15, -0.1) is 0 Å². The molecule has 23 heavy (non-hydrogen) atoms. The van der Waals surface area contributed by atoms with Gasteiger partial charge < -0.3 is 0 Å². The quantitative estimate of drug-likeness (QED) is 0.574. The van der Waals surface area contributed by atoms with Gasteiger partial charge in [0, 0.05) is 0 Å². The summed E-state index contributed by atoms with van der Waals surface area (Å²) in [5, 5.41) is 1.69. The standard InChI is InChI=1S/C12H15Si.C9H7.Zr/c1-13(2,3)12-9-8-10-6-4-5-7-11(10)12;1-2-5-9-7-3-6-8(9)4-1;/h4-9H,1-3H3;1-7H;. The van der Waals surface area contributed by atoms with Crippen molar-refractivity contribution in [2.24, 2.45) is 0 Å². The van der Waals surface area contributed by atoms with E-state index >= 15 is 0 Å². The van der Waals surface area contributed by atoms with Gasteiger partial charge in [0.15, 0.2) is 0 Å². The Kier molecular flexibility index (Phi) is 3.94. The van der Waals surface area contributed by atoms with Crippen LogP contribution in [0, 0.1) is 0 Å². The normalized spacial score (nSPS) is 21.8. The molecule has 0 nitrogen and oxygen atoms in total. The topological polar surface area (TPSA) is 0 Å². The molecule has 114 valence electrons. The molecule has 2 heteroatoms. The molecule has 2 aliphatic carbocycles. The van der Waals surface area contributed by atoms with Crippen LogP contribution in [-0.2, 0) is 23.2 Å². The van der Waals surface area contributed by atoms with E-state index < -0.39 is 31.3 Å². The Hall–Kier alpha value is -0.980. The van der Waals surface area contributed by atoms with Gasteiger partial charge >= 0.3 is 152 Å². The molecule has 0 bridgehead atoms. The van der Waals surface area contributed by atoms with Gasteiger partial charge in [-0.25, -0.2) is 0 Å². The maximum absolute atomic E-state index is 2.66. The number of hydrogen-bond donors (Lipinski definition) is 0. The number of benzene rings is 2. The first-order chi connectivity index (χ1) is 11.0. The Balaban J connectivity index is 1.68. The summed E-state index contributed by atoms with van der Waals surface area (Å²) in [5.74, 6) is 0. The third kappa shape index (κ3) is 2.81. The number of allylic oxidation sites excluding steroid dienone is 2. The van der Waals surface area contributed by atoms with E-state index in [4.69, 9.17) is 0 Å². The van der Waals surface area contributed by atoms with Gasteiger partial charge in [-0.3, -0.25) is 0 Å². The molecule has 2 atom stereocenters. The van der Waals surface area contributed by atoms with E-state index in [1.165, 1.54) is 5.56 Å². The SMILES string of the molecule is C[Si](C)(C)C1=C[CH]([Zr][CH]2C=Cc3ccccc32)c2ccccc21. The predicted octanol–water partition coefficient (Wildman–Crippen LogP) is 5.85. The molecule has 0 spiro atoms. The van der Waals surface area contributed by atoms with Crippen molar-refractivity contribution in [1.29, 1.82) is 0 Å². The molecule has 2 aromatic rings. The molecule has 0 radical (unpaired) electrons. The first-order valence-electron chi connectivity index (χ1n) is 8.39. The molecule has 2 aliphatic rings. The average Bonchev–Trinajstić information content (AvgIpc) is 3.10. The Morgan fingerprint density at radius 1 is 0.826 bits per heavy atom. The molecule has 2 unspecified atom stereocenters. The Bertz CT molecular complexity index is 811. The monoisotopic (exact) mass is 392 g/mol. The van der Waals surface area contributed by atoms with Crippen LogP contribution >= 0.6 is 0 Å². The Labute approximate surface area is 151 Å². The maximum atomic E-state index is 2.66. The van der Waals surface area contributed by atoms with Crippen LogP contribution in [0.4, 0.5) is 0 Å². The zero-order chi connectivity index (χ0) is 16.0. The van der Waals surface area contributed by atoms with Gasteiger partial charge in [0.25, 0.3) is 0 Å². The van der Waals surface area contributed by atoms with Crippen molar-refractivity contribution in [2.75, 3.05) is 0 Å². The second kappa shape index (κ2) is 5.83. The molecule has 0 aliphatic heterocycles. The fraction of sp³-hybridized carbons (Fsp3) is 0.238. The van der Waals surface area contributed by atoms with Gasteiger partial charge in [-0.2, -0.15) is 0 Å². The zero-order valence-electron chi connectivity index (χ0n) is 14.0. The Morgan fingerprint density at radius 3 is 2.30 bits per heavy atom. The van der Waals surface area contributed by atoms with Crippen LogP contribution in [0.2, 0.25) is 19.6 Å². The summed E-state index contributed by atoms with van der Waals surface area (Å²) in [6.45, 7) is 7.44. The van der Waals surface area contributed by atoms with Crippen LogP contribution in [0.5, 0.6) is 0 Å². The molecule has 4 rings (SSSR count). The molecule has 0 fully saturated rings. The molecular formula is C21H22SiZr.